The molecule has 0 saturated heterocycles. The maximum atomic E-state index is 6.29. The van der Waals surface area contributed by atoms with Crippen LogP contribution in [0.4, 0.5) is 0 Å². The molecule has 3 rings (SSSR count). The predicted octanol–water partition coefficient (Wildman–Crippen LogP) is 1.67. The average molecular weight is 269 g/mol. The van der Waals surface area contributed by atoms with Gasteiger partial charge < -0.3 is 14.8 Å². The molecule has 2 heterocycles. The number of aryl methyl sites for hydroxylation is 1. The molecular weight excluding hydrogens is 254 g/mol. The number of nitrogens with two attached hydrogens (primary N) is 1. The van der Waals surface area contributed by atoms with Crippen LogP contribution in [0.25, 0.3) is 0 Å². The minimum Gasteiger partial charge on any atom is -0.337 e. The highest BCUT2D eigenvalue weighted by molar-refractivity contribution is 5.26. The Balaban J connectivity index is 1.86. The van der Waals surface area contributed by atoms with Crippen molar-refractivity contribution in [1.82, 2.24) is 19.7 Å². The molecule has 1 unspecified atom stereocenters. The van der Waals surface area contributed by atoms with Gasteiger partial charge in [-0.3, -0.25) is 0 Å². The third-order valence-corrected chi connectivity index (χ3v) is 3.10. The van der Waals surface area contributed by atoms with Crippen molar-refractivity contribution in [2.45, 2.75) is 19.5 Å². The van der Waals surface area contributed by atoms with E-state index >= 15 is 0 Å². The molecule has 0 fully saturated rings. The number of nitrogens with zero attached hydrogens (tertiary/aromatic N) is 4. The predicted molar refractivity (Wildman–Crippen MR) is 72.8 cm³/mol. The van der Waals surface area contributed by atoms with Gasteiger partial charge >= 0.3 is 0 Å². The maximum absolute atomic E-state index is 6.29. The molecule has 0 bridgehead atoms. The first-order valence-corrected chi connectivity index (χ1v) is 6.34. The van der Waals surface area contributed by atoms with Crippen LogP contribution in [-0.4, -0.2) is 19.7 Å². The van der Waals surface area contributed by atoms with Crippen LogP contribution in [0.2, 0.25) is 0 Å². The first-order chi connectivity index (χ1) is 9.74. The molecule has 0 aliphatic carbocycles. The second-order valence-electron chi connectivity index (χ2n) is 4.57. The van der Waals surface area contributed by atoms with E-state index in [1.807, 2.05) is 34.9 Å². The number of imidazole rings is 1. The van der Waals surface area contributed by atoms with E-state index in [1.54, 1.807) is 19.4 Å². The molecule has 0 amide bonds. The number of hydrogen-bond donors (Lipinski definition) is 1. The summed E-state index contributed by atoms with van der Waals surface area (Å²) >= 11 is 0. The molecule has 0 saturated carbocycles. The zero-order chi connectivity index (χ0) is 13.9. The van der Waals surface area contributed by atoms with Gasteiger partial charge in [0.25, 0.3) is 0 Å². The lowest BCUT2D eigenvalue weighted by molar-refractivity contribution is 0.366. The van der Waals surface area contributed by atoms with E-state index in [9.17, 15) is 0 Å². The molecule has 0 spiro atoms. The van der Waals surface area contributed by atoms with E-state index in [1.165, 1.54) is 0 Å². The smallest absolute Gasteiger partial charge is 0.246 e. The van der Waals surface area contributed by atoms with Crippen LogP contribution < -0.4 is 5.73 Å². The SMILES string of the molecule is Cc1noc(Cn2cncc2C(N)c2ccccc2)n1. The second kappa shape index (κ2) is 5.26. The third kappa shape index (κ3) is 2.46. The molecule has 0 aliphatic rings. The Morgan fingerprint density at radius 2 is 2.10 bits per heavy atom. The summed E-state index contributed by atoms with van der Waals surface area (Å²) in [5, 5.41) is 3.78. The van der Waals surface area contributed by atoms with E-state index in [-0.39, 0.29) is 6.04 Å². The Labute approximate surface area is 116 Å². The Bertz CT molecular complexity index is 688. The van der Waals surface area contributed by atoms with E-state index in [0.717, 1.165) is 11.3 Å². The fraction of sp³-hybridized carbons (Fsp3) is 0.214. The Kier molecular flexibility index (Phi) is 3.30. The second-order valence-corrected chi connectivity index (χ2v) is 4.57. The fourth-order valence-electron chi connectivity index (χ4n) is 2.10. The van der Waals surface area contributed by atoms with Crippen molar-refractivity contribution in [3.63, 3.8) is 0 Å². The van der Waals surface area contributed by atoms with Crippen molar-refractivity contribution in [2.75, 3.05) is 0 Å². The molecule has 0 aliphatic heterocycles. The van der Waals surface area contributed by atoms with Gasteiger partial charge in [0.1, 0.15) is 6.54 Å². The van der Waals surface area contributed by atoms with Gasteiger partial charge in [-0.1, -0.05) is 35.5 Å². The number of rotatable bonds is 4. The first-order valence-electron chi connectivity index (χ1n) is 6.34. The lowest BCUT2D eigenvalue weighted by Crippen LogP contribution is -2.17. The van der Waals surface area contributed by atoms with Gasteiger partial charge in [-0.25, -0.2) is 4.98 Å². The van der Waals surface area contributed by atoms with E-state index in [0.29, 0.717) is 18.3 Å². The fourth-order valence-corrected chi connectivity index (χ4v) is 2.10. The minimum absolute atomic E-state index is 0.234. The van der Waals surface area contributed by atoms with Gasteiger partial charge in [0.05, 0.1) is 24.3 Å². The number of hydrogen-bond acceptors (Lipinski definition) is 5. The van der Waals surface area contributed by atoms with E-state index < -0.39 is 0 Å². The van der Waals surface area contributed by atoms with E-state index in [2.05, 4.69) is 15.1 Å². The topological polar surface area (TPSA) is 82.8 Å². The monoisotopic (exact) mass is 269 g/mol. The maximum Gasteiger partial charge on any atom is 0.246 e. The average Bonchev–Trinajstić information content (AvgIpc) is 3.09. The Hall–Kier alpha value is -2.47. The van der Waals surface area contributed by atoms with Gasteiger partial charge in [-0.05, 0) is 12.5 Å². The van der Waals surface area contributed by atoms with Crippen molar-refractivity contribution in [3.8, 4) is 0 Å². The third-order valence-electron chi connectivity index (χ3n) is 3.10. The van der Waals surface area contributed by atoms with Crippen LogP contribution in [0.1, 0.15) is 29.0 Å². The van der Waals surface area contributed by atoms with Crippen LogP contribution in [-0.2, 0) is 6.54 Å². The van der Waals surface area contributed by atoms with Crippen molar-refractivity contribution in [2.24, 2.45) is 5.73 Å². The van der Waals surface area contributed by atoms with Crippen LogP contribution in [0.5, 0.6) is 0 Å². The summed E-state index contributed by atoms with van der Waals surface area (Å²) in [6.07, 6.45) is 3.48. The quantitative estimate of drug-likeness (QED) is 0.779. The lowest BCUT2D eigenvalue weighted by Gasteiger charge is -2.13. The summed E-state index contributed by atoms with van der Waals surface area (Å²) in [4.78, 5) is 8.36. The van der Waals surface area contributed by atoms with Gasteiger partial charge in [0, 0.05) is 0 Å². The Morgan fingerprint density at radius 3 is 2.80 bits per heavy atom. The summed E-state index contributed by atoms with van der Waals surface area (Å²) in [6.45, 7) is 2.26. The molecule has 6 heteroatoms. The van der Waals surface area contributed by atoms with Crippen molar-refractivity contribution in [3.05, 3.63) is 65.8 Å². The normalized spacial score (nSPS) is 12.5. The van der Waals surface area contributed by atoms with Crippen molar-refractivity contribution >= 4 is 0 Å². The Morgan fingerprint density at radius 1 is 1.30 bits per heavy atom. The van der Waals surface area contributed by atoms with Crippen LogP contribution in [0.3, 0.4) is 0 Å². The van der Waals surface area contributed by atoms with Gasteiger partial charge in [-0.15, -0.1) is 0 Å². The molecule has 1 atom stereocenters. The summed E-state index contributed by atoms with van der Waals surface area (Å²) in [5.41, 5.74) is 8.24. The van der Waals surface area contributed by atoms with Crippen LogP contribution >= 0.6 is 0 Å². The zero-order valence-corrected chi connectivity index (χ0v) is 11.1. The molecule has 3 aromatic rings. The zero-order valence-electron chi connectivity index (χ0n) is 11.1. The molecule has 2 N–H and O–H groups in total. The lowest BCUT2D eigenvalue weighted by atomic mass is 10.1. The molecule has 6 nitrogen and oxygen atoms in total. The molecular formula is C14H15N5O. The summed E-state index contributed by atoms with van der Waals surface area (Å²) in [7, 11) is 0. The van der Waals surface area contributed by atoms with Crippen LogP contribution in [0, 0.1) is 6.92 Å². The number of aromatic nitrogens is 4. The summed E-state index contributed by atoms with van der Waals surface area (Å²) < 4.78 is 7.05. The van der Waals surface area contributed by atoms with Gasteiger partial charge in [0.15, 0.2) is 5.82 Å². The van der Waals surface area contributed by atoms with Crippen molar-refractivity contribution < 1.29 is 4.52 Å². The highest BCUT2D eigenvalue weighted by Gasteiger charge is 2.15. The highest BCUT2D eigenvalue weighted by atomic mass is 16.5. The summed E-state index contributed by atoms with van der Waals surface area (Å²) in [6, 6.07) is 9.67. The summed E-state index contributed by atoms with van der Waals surface area (Å²) in [5.74, 6) is 1.16. The standard InChI is InChI=1S/C14H15N5O/c1-10-17-13(20-18-10)8-19-9-16-7-12(19)14(15)11-5-3-2-4-6-11/h2-7,9,14H,8,15H2,1H3. The molecule has 2 aromatic heterocycles. The van der Waals surface area contributed by atoms with E-state index in [4.69, 9.17) is 10.3 Å². The molecule has 20 heavy (non-hydrogen) atoms. The largest absolute Gasteiger partial charge is 0.337 e. The van der Waals surface area contributed by atoms with Crippen molar-refractivity contribution in [1.29, 1.82) is 0 Å². The number of benzene rings is 1. The minimum atomic E-state index is -0.234. The van der Waals surface area contributed by atoms with Crippen LogP contribution in [0.15, 0.2) is 47.4 Å². The first kappa shape index (κ1) is 12.6. The molecule has 102 valence electrons. The highest BCUT2D eigenvalue weighted by Crippen LogP contribution is 2.19. The van der Waals surface area contributed by atoms with Gasteiger partial charge in [0.2, 0.25) is 5.89 Å². The molecule has 0 radical (unpaired) electrons. The molecule has 1 aromatic carbocycles. The van der Waals surface area contributed by atoms with Gasteiger partial charge in [-0.2, -0.15) is 4.98 Å².